The lowest BCUT2D eigenvalue weighted by atomic mass is 9.97. The summed E-state index contributed by atoms with van der Waals surface area (Å²) in [6.07, 6.45) is 12.2. The Labute approximate surface area is 403 Å². The number of pyridine rings is 2. The van der Waals surface area contributed by atoms with E-state index in [4.69, 9.17) is 28.9 Å². The van der Waals surface area contributed by atoms with Crippen molar-refractivity contribution in [2.24, 2.45) is 7.05 Å². The van der Waals surface area contributed by atoms with Crippen LogP contribution in [0.4, 0.5) is 11.4 Å². The summed E-state index contributed by atoms with van der Waals surface area (Å²) in [6, 6.07) is 38.1. The van der Waals surface area contributed by atoms with E-state index in [1.165, 1.54) is 11.4 Å². The zero-order valence-electron chi connectivity index (χ0n) is 40.3. The van der Waals surface area contributed by atoms with Gasteiger partial charge in [0.25, 0.3) is 0 Å². The van der Waals surface area contributed by atoms with Crippen LogP contribution in [0.25, 0.3) is 77.7 Å². The van der Waals surface area contributed by atoms with Gasteiger partial charge in [-0.05, 0) is 80.8 Å². The summed E-state index contributed by atoms with van der Waals surface area (Å²) in [7, 11) is 5.37. The summed E-state index contributed by atoms with van der Waals surface area (Å²) in [4.78, 5) is 22.0. The second kappa shape index (κ2) is 19.6. The fraction of sp³-hybridized carbons (Fsp3) is 0.263. The number of nitrogens with one attached hydrogen (secondary N) is 1. The van der Waals surface area contributed by atoms with E-state index in [1.807, 2.05) is 44.1 Å². The molecule has 4 aromatic heterocycles. The third kappa shape index (κ3) is 9.37. The van der Waals surface area contributed by atoms with E-state index in [1.54, 1.807) is 25.1 Å². The van der Waals surface area contributed by atoms with Gasteiger partial charge in [0.2, 0.25) is 0 Å². The van der Waals surface area contributed by atoms with E-state index in [0.29, 0.717) is 0 Å². The molecule has 69 heavy (non-hydrogen) atoms. The summed E-state index contributed by atoms with van der Waals surface area (Å²) >= 11 is 0. The summed E-state index contributed by atoms with van der Waals surface area (Å²) in [5, 5.41) is 6.29. The van der Waals surface area contributed by atoms with Crippen LogP contribution in [0.5, 0.6) is 11.5 Å². The van der Waals surface area contributed by atoms with Crippen LogP contribution in [0, 0.1) is 0 Å². The first-order chi connectivity index (χ1) is 33.6. The predicted octanol–water partition coefficient (Wildman–Crippen LogP) is 11.5. The van der Waals surface area contributed by atoms with Crippen LogP contribution in [-0.2, 0) is 16.5 Å². The zero-order valence-corrected chi connectivity index (χ0v) is 40.3. The molecule has 1 N–H and O–H groups in total. The second-order valence-electron chi connectivity index (χ2n) is 18.1. The van der Waals surface area contributed by atoms with Crippen molar-refractivity contribution in [1.29, 1.82) is 0 Å². The van der Waals surface area contributed by atoms with Crippen molar-refractivity contribution in [3.05, 3.63) is 146 Å². The molecule has 0 spiro atoms. The number of benzene rings is 5. The second-order valence-corrected chi connectivity index (χ2v) is 18.1. The number of methoxy groups -OCH3 is 2. The van der Waals surface area contributed by atoms with E-state index >= 15 is 0 Å². The summed E-state index contributed by atoms with van der Waals surface area (Å²) in [6.45, 7) is 12.1. The number of nitrogens with zero attached hydrogens (tertiary/aromatic N) is 7. The number of ether oxygens (including phenoxy) is 4. The highest BCUT2D eigenvalue weighted by Crippen LogP contribution is 2.41. The number of H-pyrrole nitrogens is 1. The molecule has 12 nitrogen and oxygen atoms in total. The molecule has 5 aromatic carbocycles. The van der Waals surface area contributed by atoms with Crippen molar-refractivity contribution >= 4 is 33.2 Å². The molecule has 6 heterocycles. The van der Waals surface area contributed by atoms with Crippen molar-refractivity contribution in [1.82, 2.24) is 29.7 Å². The highest BCUT2D eigenvalue weighted by atomic mass is 16.5. The van der Waals surface area contributed by atoms with Gasteiger partial charge >= 0.3 is 0 Å². The van der Waals surface area contributed by atoms with Gasteiger partial charge in [0.1, 0.15) is 17.3 Å². The van der Waals surface area contributed by atoms with Crippen molar-refractivity contribution in [2.75, 3.05) is 50.2 Å². The first-order valence-electron chi connectivity index (χ1n) is 23.7. The third-order valence-electron chi connectivity index (χ3n) is 13.0. The molecule has 2 saturated heterocycles. The van der Waals surface area contributed by atoms with Gasteiger partial charge in [-0.1, -0.05) is 72.8 Å². The molecule has 9 aromatic rings. The Morgan fingerprint density at radius 2 is 0.942 bits per heavy atom. The molecule has 12 heteroatoms. The van der Waals surface area contributed by atoms with Crippen molar-refractivity contribution in [2.45, 2.75) is 52.1 Å². The van der Waals surface area contributed by atoms with Crippen molar-refractivity contribution in [3.63, 3.8) is 0 Å². The van der Waals surface area contributed by atoms with E-state index in [0.717, 1.165) is 115 Å². The topological polar surface area (TPSA) is 116 Å². The molecular formula is C57H58N8O4. The maximum Gasteiger partial charge on any atom is 0.137 e. The third-order valence-corrected chi connectivity index (χ3v) is 13.0. The SMILES string of the molecule is COc1c(-c2ccc(N3CC(C)OC(C)C3)cc2)cnc2c(-c3ccc(-c4ncc[nH]4)cc3)cccc12.COc1c(-c2ccc(N3CC(C)OC(C)C3)cc2)cnc2c(-c3cnn(C)c3)cccc12. The van der Waals surface area contributed by atoms with Gasteiger partial charge in [-0.2, -0.15) is 5.10 Å². The number of rotatable bonds is 9. The van der Waals surface area contributed by atoms with Gasteiger partial charge in [0.05, 0.1) is 55.9 Å². The lowest BCUT2D eigenvalue weighted by molar-refractivity contribution is -0.00548. The lowest BCUT2D eigenvalue weighted by Crippen LogP contribution is -2.45. The van der Waals surface area contributed by atoms with Gasteiger partial charge in [0.15, 0.2) is 0 Å². The molecule has 0 aliphatic carbocycles. The number of aromatic nitrogens is 6. The fourth-order valence-electron chi connectivity index (χ4n) is 9.99. The lowest BCUT2D eigenvalue weighted by Gasteiger charge is -2.36. The molecule has 4 unspecified atom stereocenters. The Balaban J connectivity index is 0.000000162. The number of anilines is 2. The van der Waals surface area contributed by atoms with Crippen LogP contribution >= 0.6 is 0 Å². The average Bonchev–Trinajstić information content (AvgIpc) is 4.08. The molecule has 350 valence electrons. The number of morpholine rings is 2. The van der Waals surface area contributed by atoms with E-state index in [2.05, 4.69) is 156 Å². The van der Waals surface area contributed by atoms with Gasteiger partial charge < -0.3 is 33.7 Å². The minimum absolute atomic E-state index is 0.226. The number of fused-ring (bicyclic) bond motifs is 2. The Hall–Kier alpha value is -7.54. The van der Waals surface area contributed by atoms with Crippen LogP contribution < -0.4 is 19.3 Å². The van der Waals surface area contributed by atoms with E-state index in [9.17, 15) is 0 Å². The molecule has 2 aliphatic rings. The number of para-hydroxylation sites is 2. The number of aryl methyl sites for hydroxylation is 1. The molecule has 0 bridgehead atoms. The fourth-order valence-corrected chi connectivity index (χ4v) is 9.99. The molecular weight excluding hydrogens is 861 g/mol. The summed E-state index contributed by atoms with van der Waals surface area (Å²) < 4.78 is 25.4. The molecule has 0 saturated carbocycles. The normalized spacial score (nSPS) is 18.2. The smallest absolute Gasteiger partial charge is 0.137 e. The summed E-state index contributed by atoms with van der Waals surface area (Å²) in [5.74, 6) is 2.53. The van der Waals surface area contributed by atoms with Gasteiger partial charge in [-0.3, -0.25) is 14.6 Å². The maximum absolute atomic E-state index is 5.97. The highest BCUT2D eigenvalue weighted by Gasteiger charge is 2.25. The Kier molecular flexibility index (Phi) is 12.8. The highest BCUT2D eigenvalue weighted by molar-refractivity contribution is 6.01. The van der Waals surface area contributed by atoms with Crippen molar-refractivity contribution in [3.8, 4) is 67.4 Å². The number of hydrogen-bond donors (Lipinski definition) is 1. The van der Waals surface area contributed by atoms with Gasteiger partial charge in [-0.15, -0.1) is 0 Å². The molecule has 0 radical (unpaired) electrons. The van der Waals surface area contributed by atoms with Crippen LogP contribution in [0.1, 0.15) is 27.7 Å². The predicted molar refractivity (Wildman–Crippen MR) is 277 cm³/mol. The molecule has 0 amide bonds. The van der Waals surface area contributed by atoms with Gasteiger partial charge in [0, 0.05) is 120 Å². The first kappa shape index (κ1) is 45.3. The maximum atomic E-state index is 5.97. The standard InChI is InChI=1S/C31H30N4O2.C26H28N4O2/c1-20-18-35(19-21(2)37-20)25-13-11-23(12-14-25)28-17-34-29-26(5-4-6-27(29)30(28)36-3)22-7-9-24(10-8-22)31-32-15-16-33-31;1-17-14-30(15-18(2)32-17)21-10-8-19(9-11-21)24-13-27-25-22(20-12-28-29(3)16-20)6-5-7-23(25)26(24)31-4/h4-17,20-21H,18-19H2,1-3H3,(H,32,33);5-13,16-18H,14-15H2,1-4H3. The number of imidazole rings is 1. The Morgan fingerprint density at radius 3 is 1.36 bits per heavy atom. The van der Waals surface area contributed by atoms with Crippen LogP contribution in [0.3, 0.4) is 0 Å². The minimum atomic E-state index is 0.226. The zero-order chi connectivity index (χ0) is 47.6. The molecule has 11 rings (SSSR count). The largest absolute Gasteiger partial charge is 0.495 e. The Bertz CT molecular complexity index is 3170. The number of hydrogen-bond acceptors (Lipinski definition) is 10. The first-order valence-corrected chi connectivity index (χ1v) is 23.7. The quantitative estimate of drug-likeness (QED) is 0.150. The van der Waals surface area contributed by atoms with E-state index < -0.39 is 0 Å². The number of aromatic amines is 1. The van der Waals surface area contributed by atoms with Crippen LogP contribution in [0.15, 0.2) is 146 Å². The molecule has 2 fully saturated rings. The minimum Gasteiger partial charge on any atom is -0.495 e. The van der Waals surface area contributed by atoms with Gasteiger partial charge in [-0.25, -0.2) is 4.98 Å². The van der Waals surface area contributed by atoms with E-state index in [-0.39, 0.29) is 24.4 Å². The molecule has 2 aliphatic heterocycles. The monoisotopic (exact) mass is 918 g/mol. The Morgan fingerprint density at radius 1 is 0.507 bits per heavy atom. The molecule has 4 atom stereocenters. The van der Waals surface area contributed by atoms with Crippen LogP contribution in [0.2, 0.25) is 0 Å². The van der Waals surface area contributed by atoms with Crippen molar-refractivity contribution < 1.29 is 18.9 Å². The average molecular weight is 919 g/mol. The summed E-state index contributed by atoms with van der Waals surface area (Å²) in [5.41, 5.74) is 13.7. The van der Waals surface area contributed by atoms with Crippen LogP contribution in [-0.4, -0.2) is 94.5 Å².